The van der Waals surface area contributed by atoms with Gasteiger partial charge in [-0.15, -0.1) is 0 Å². The van der Waals surface area contributed by atoms with Gasteiger partial charge in [-0.05, 0) is 54.9 Å². The van der Waals surface area contributed by atoms with E-state index in [1.165, 1.54) is 36.4 Å². The van der Waals surface area contributed by atoms with Crippen LogP contribution in [0.1, 0.15) is 68.6 Å². The second-order valence-electron chi connectivity index (χ2n) is 9.42. The summed E-state index contributed by atoms with van der Waals surface area (Å²) in [6, 6.07) is 16.6. The third-order valence-corrected chi connectivity index (χ3v) is 8.95. The molecule has 0 bridgehead atoms. The maximum Gasteiger partial charge on any atom is 0.238 e. The van der Waals surface area contributed by atoms with E-state index in [1.807, 2.05) is 42.5 Å². The number of rotatable bonds is 8. The molecule has 0 amide bonds. The Kier molecular flexibility index (Phi) is 7.54. The number of sulfonamides is 1. The highest BCUT2D eigenvalue weighted by molar-refractivity contribution is 7.93. The number of hydrogen-bond acceptors (Lipinski definition) is 4. The molecule has 2 N–H and O–H groups in total. The van der Waals surface area contributed by atoms with Crippen LogP contribution in [0.4, 0.5) is 5.69 Å². The molecular weight excluding hydrogens is 422 g/mol. The number of aliphatic hydroxyl groups is 2. The van der Waals surface area contributed by atoms with E-state index in [4.69, 9.17) is 0 Å². The lowest BCUT2D eigenvalue weighted by Gasteiger charge is -2.27. The van der Waals surface area contributed by atoms with Crippen molar-refractivity contribution in [3.63, 3.8) is 0 Å². The number of benzene rings is 2. The fourth-order valence-electron chi connectivity index (χ4n) is 5.27. The van der Waals surface area contributed by atoms with Gasteiger partial charge < -0.3 is 10.2 Å². The van der Waals surface area contributed by atoms with Gasteiger partial charge in [0.1, 0.15) is 0 Å². The van der Waals surface area contributed by atoms with Gasteiger partial charge >= 0.3 is 0 Å². The predicted molar refractivity (Wildman–Crippen MR) is 128 cm³/mol. The van der Waals surface area contributed by atoms with Crippen LogP contribution in [0.25, 0.3) is 0 Å². The van der Waals surface area contributed by atoms with Gasteiger partial charge in [-0.2, -0.15) is 0 Å². The van der Waals surface area contributed by atoms with E-state index in [1.54, 1.807) is 12.1 Å². The molecule has 1 heterocycles. The highest BCUT2D eigenvalue weighted by atomic mass is 32.2. The van der Waals surface area contributed by atoms with Crippen molar-refractivity contribution in [2.24, 2.45) is 5.92 Å². The van der Waals surface area contributed by atoms with Crippen molar-refractivity contribution in [3.05, 3.63) is 65.7 Å². The van der Waals surface area contributed by atoms with E-state index in [0.717, 1.165) is 29.9 Å². The molecule has 32 heavy (non-hydrogen) atoms. The summed E-state index contributed by atoms with van der Waals surface area (Å²) >= 11 is 0. The molecule has 4 rings (SSSR count). The molecule has 2 aromatic carbocycles. The zero-order chi connectivity index (χ0) is 22.6. The van der Waals surface area contributed by atoms with Crippen LogP contribution in [0.5, 0.6) is 0 Å². The maximum atomic E-state index is 12.8. The molecular formula is C26H35NO4S. The van der Waals surface area contributed by atoms with Gasteiger partial charge in [0.15, 0.2) is 0 Å². The summed E-state index contributed by atoms with van der Waals surface area (Å²) in [5.74, 6) is 0.470. The first kappa shape index (κ1) is 23.3. The van der Waals surface area contributed by atoms with Gasteiger partial charge in [0, 0.05) is 0 Å². The van der Waals surface area contributed by atoms with E-state index < -0.39 is 28.3 Å². The van der Waals surface area contributed by atoms with Crippen molar-refractivity contribution in [1.82, 2.24) is 0 Å². The molecule has 174 valence electrons. The summed E-state index contributed by atoms with van der Waals surface area (Å²) in [4.78, 5) is 0. The van der Waals surface area contributed by atoms with E-state index in [2.05, 4.69) is 0 Å². The second-order valence-corrected chi connectivity index (χ2v) is 11.3. The van der Waals surface area contributed by atoms with Gasteiger partial charge in [-0.3, -0.25) is 4.31 Å². The molecule has 1 aliphatic heterocycles. The van der Waals surface area contributed by atoms with Crippen LogP contribution in [-0.2, 0) is 16.4 Å². The molecule has 1 aliphatic carbocycles. The summed E-state index contributed by atoms with van der Waals surface area (Å²) in [6.07, 6.45) is 8.07. The molecule has 2 fully saturated rings. The van der Waals surface area contributed by atoms with E-state index >= 15 is 0 Å². The highest BCUT2D eigenvalue weighted by Gasteiger charge is 2.43. The topological polar surface area (TPSA) is 77.8 Å². The van der Waals surface area contributed by atoms with Crippen molar-refractivity contribution in [1.29, 1.82) is 0 Å². The Morgan fingerprint density at radius 1 is 0.938 bits per heavy atom. The molecule has 3 unspecified atom stereocenters. The lowest BCUT2D eigenvalue weighted by molar-refractivity contribution is 0.151. The Bertz CT molecular complexity index is 955. The zero-order valence-corrected chi connectivity index (χ0v) is 19.5. The van der Waals surface area contributed by atoms with Gasteiger partial charge in [0.05, 0.1) is 29.7 Å². The minimum atomic E-state index is -3.58. The van der Waals surface area contributed by atoms with Gasteiger partial charge in [-0.1, -0.05) is 74.6 Å². The van der Waals surface area contributed by atoms with Crippen LogP contribution in [0.15, 0.2) is 54.6 Å². The third-order valence-electron chi connectivity index (χ3n) is 7.10. The van der Waals surface area contributed by atoms with Gasteiger partial charge in [0.2, 0.25) is 10.0 Å². The molecule has 0 radical (unpaired) electrons. The Labute approximate surface area is 192 Å². The normalized spacial score (nSPS) is 24.5. The fourth-order valence-corrected chi connectivity index (χ4v) is 7.19. The van der Waals surface area contributed by atoms with E-state index in [9.17, 15) is 18.6 Å². The fraction of sp³-hybridized carbons (Fsp3) is 0.538. The summed E-state index contributed by atoms with van der Waals surface area (Å²) in [6.45, 7) is 0. The van der Waals surface area contributed by atoms with Crippen molar-refractivity contribution in [2.75, 3.05) is 10.1 Å². The molecule has 3 atom stereocenters. The smallest absolute Gasteiger partial charge is 0.238 e. The summed E-state index contributed by atoms with van der Waals surface area (Å²) in [5, 5.41) is 21.2. The average molecular weight is 458 g/mol. The van der Waals surface area contributed by atoms with Crippen molar-refractivity contribution >= 4 is 15.7 Å². The number of aliphatic hydroxyl groups excluding tert-OH is 2. The van der Waals surface area contributed by atoms with Gasteiger partial charge in [-0.25, -0.2) is 8.42 Å². The first-order chi connectivity index (χ1) is 15.4. The molecule has 2 aromatic rings. The van der Waals surface area contributed by atoms with Crippen LogP contribution < -0.4 is 4.31 Å². The van der Waals surface area contributed by atoms with Crippen molar-refractivity contribution < 1.29 is 18.6 Å². The SMILES string of the molecule is O=S1(=O)CC(O)C(CCc2ccccc2)N1c1ccc(C(O)CCC2CCCCC2)cc1. The van der Waals surface area contributed by atoms with Crippen molar-refractivity contribution in [2.45, 2.75) is 76.0 Å². The molecule has 6 heteroatoms. The lowest BCUT2D eigenvalue weighted by Crippen LogP contribution is -2.37. The quantitative estimate of drug-likeness (QED) is 0.608. The first-order valence-electron chi connectivity index (χ1n) is 12.0. The third kappa shape index (κ3) is 5.53. The van der Waals surface area contributed by atoms with E-state index in [0.29, 0.717) is 18.5 Å². The average Bonchev–Trinajstić information content (AvgIpc) is 3.04. The minimum absolute atomic E-state index is 0.252. The Morgan fingerprint density at radius 3 is 2.31 bits per heavy atom. The molecule has 1 saturated carbocycles. The zero-order valence-electron chi connectivity index (χ0n) is 18.6. The van der Waals surface area contributed by atoms with Crippen molar-refractivity contribution in [3.8, 4) is 0 Å². The van der Waals surface area contributed by atoms with Gasteiger partial charge in [0.25, 0.3) is 0 Å². The Hall–Kier alpha value is -1.89. The van der Waals surface area contributed by atoms with Crippen LogP contribution in [-0.4, -0.2) is 36.5 Å². The highest BCUT2D eigenvalue weighted by Crippen LogP contribution is 2.34. The summed E-state index contributed by atoms with van der Waals surface area (Å²) in [5.41, 5.74) is 2.51. The Balaban J connectivity index is 1.42. The minimum Gasteiger partial charge on any atom is -0.390 e. The first-order valence-corrected chi connectivity index (χ1v) is 13.6. The van der Waals surface area contributed by atoms with Crippen LogP contribution in [0, 0.1) is 5.92 Å². The molecule has 0 aromatic heterocycles. The Morgan fingerprint density at radius 2 is 1.62 bits per heavy atom. The summed E-state index contributed by atoms with van der Waals surface area (Å²) in [7, 11) is -3.58. The summed E-state index contributed by atoms with van der Waals surface area (Å²) < 4.78 is 27.0. The molecule has 1 saturated heterocycles. The molecule has 5 nitrogen and oxygen atoms in total. The number of aryl methyl sites for hydroxylation is 1. The number of nitrogens with zero attached hydrogens (tertiary/aromatic N) is 1. The standard InChI is InChI=1S/C26H35NO4S/c28-25(18-12-21-9-5-2-6-10-21)22-13-15-23(16-14-22)27-24(26(29)19-32(27,30)31)17-11-20-7-3-1-4-8-20/h1,3-4,7-8,13-16,21,24-26,28-29H,2,5-6,9-12,17-19H2. The maximum absolute atomic E-state index is 12.8. The molecule has 0 spiro atoms. The molecule has 2 aliphatic rings. The van der Waals surface area contributed by atoms with Crippen LogP contribution in [0.2, 0.25) is 0 Å². The largest absolute Gasteiger partial charge is 0.390 e. The van der Waals surface area contributed by atoms with E-state index in [-0.39, 0.29) is 5.75 Å². The predicted octanol–water partition coefficient (Wildman–Crippen LogP) is 4.59. The number of anilines is 1. The monoisotopic (exact) mass is 457 g/mol. The lowest BCUT2D eigenvalue weighted by atomic mass is 9.85. The van der Waals surface area contributed by atoms with Crippen LogP contribution >= 0.6 is 0 Å². The van der Waals surface area contributed by atoms with Crippen LogP contribution in [0.3, 0.4) is 0 Å². The second kappa shape index (κ2) is 10.4. The number of hydrogen-bond donors (Lipinski definition) is 2.